The largest absolute Gasteiger partial charge is 0.466 e. The van der Waals surface area contributed by atoms with Gasteiger partial charge in [-0.1, -0.05) is 67.6 Å². The summed E-state index contributed by atoms with van der Waals surface area (Å²) in [6, 6.07) is 18.5. The second-order valence-electron chi connectivity index (χ2n) is 6.04. The van der Waals surface area contributed by atoms with Crippen LogP contribution in [-0.2, 0) is 19.9 Å². The normalized spacial score (nSPS) is 13.0. The minimum absolute atomic E-state index is 0.116. The Bertz CT molecular complexity index is 697. The molecule has 1 atom stereocenters. The van der Waals surface area contributed by atoms with Crippen molar-refractivity contribution in [2.45, 2.75) is 38.7 Å². The molecule has 1 unspecified atom stereocenters. The number of benzene rings is 2. The minimum Gasteiger partial charge on any atom is -0.466 e. The van der Waals surface area contributed by atoms with Gasteiger partial charge in [0.05, 0.1) is 6.61 Å². The SMILES string of the molecule is CCCOC(CCC(=O)OCC)(C(=O)c1ccccc1)c1ccccc1. The fraction of sp³-hybridized carbons (Fsp3) is 0.364. The van der Waals surface area contributed by atoms with Crippen LogP contribution in [0, 0.1) is 0 Å². The van der Waals surface area contributed by atoms with Crippen molar-refractivity contribution in [1.29, 1.82) is 0 Å². The zero-order valence-electron chi connectivity index (χ0n) is 15.4. The summed E-state index contributed by atoms with van der Waals surface area (Å²) in [7, 11) is 0. The van der Waals surface area contributed by atoms with Gasteiger partial charge in [0.2, 0.25) is 0 Å². The van der Waals surface area contributed by atoms with E-state index >= 15 is 0 Å². The zero-order valence-corrected chi connectivity index (χ0v) is 15.4. The molecule has 2 aromatic carbocycles. The van der Waals surface area contributed by atoms with Crippen molar-refractivity contribution in [2.75, 3.05) is 13.2 Å². The Hall–Kier alpha value is -2.46. The highest BCUT2D eigenvalue weighted by Crippen LogP contribution is 2.35. The molecular weight excluding hydrogens is 328 g/mol. The Balaban J connectivity index is 2.45. The van der Waals surface area contributed by atoms with Gasteiger partial charge in [-0.05, 0) is 25.3 Å². The maximum Gasteiger partial charge on any atom is 0.305 e. The lowest BCUT2D eigenvalue weighted by molar-refractivity contribution is -0.144. The van der Waals surface area contributed by atoms with E-state index in [2.05, 4.69) is 0 Å². The number of rotatable bonds is 10. The molecule has 0 heterocycles. The molecule has 2 aromatic rings. The van der Waals surface area contributed by atoms with Crippen LogP contribution in [0.1, 0.15) is 49.0 Å². The van der Waals surface area contributed by atoms with Crippen molar-refractivity contribution < 1.29 is 19.1 Å². The van der Waals surface area contributed by atoms with Gasteiger partial charge in [-0.3, -0.25) is 9.59 Å². The van der Waals surface area contributed by atoms with E-state index in [9.17, 15) is 9.59 Å². The summed E-state index contributed by atoms with van der Waals surface area (Å²) in [5.41, 5.74) is 0.119. The van der Waals surface area contributed by atoms with Gasteiger partial charge in [0, 0.05) is 18.6 Å². The summed E-state index contributed by atoms with van der Waals surface area (Å²) in [6.07, 6.45) is 1.13. The van der Waals surface area contributed by atoms with Gasteiger partial charge < -0.3 is 9.47 Å². The molecule has 0 amide bonds. The molecule has 0 saturated heterocycles. The first-order valence-corrected chi connectivity index (χ1v) is 9.09. The fourth-order valence-corrected chi connectivity index (χ4v) is 2.93. The maximum atomic E-state index is 13.5. The van der Waals surface area contributed by atoms with Crippen LogP contribution in [0.4, 0.5) is 0 Å². The number of Topliss-reactive ketones (excluding diaryl/α,β-unsaturated/α-hetero) is 1. The Morgan fingerprint density at radius 1 is 0.923 bits per heavy atom. The van der Waals surface area contributed by atoms with Gasteiger partial charge in [0.15, 0.2) is 11.4 Å². The molecule has 0 bridgehead atoms. The van der Waals surface area contributed by atoms with Crippen molar-refractivity contribution in [3.63, 3.8) is 0 Å². The van der Waals surface area contributed by atoms with Gasteiger partial charge >= 0.3 is 5.97 Å². The van der Waals surface area contributed by atoms with Crippen molar-refractivity contribution >= 4 is 11.8 Å². The molecule has 0 aromatic heterocycles. The van der Waals surface area contributed by atoms with Gasteiger partial charge in [-0.2, -0.15) is 0 Å². The summed E-state index contributed by atoms with van der Waals surface area (Å²) in [4.78, 5) is 25.4. The second-order valence-corrected chi connectivity index (χ2v) is 6.04. The average molecular weight is 354 g/mol. The highest BCUT2D eigenvalue weighted by Gasteiger charge is 2.42. The number of esters is 1. The number of hydrogen-bond donors (Lipinski definition) is 0. The monoisotopic (exact) mass is 354 g/mol. The highest BCUT2D eigenvalue weighted by molar-refractivity contribution is 6.03. The highest BCUT2D eigenvalue weighted by atomic mass is 16.5. The molecule has 0 radical (unpaired) electrons. The van der Waals surface area contributed by atoms with Crippen molar-refractivity contribution in [3.05, 3.63) is 71.8 Å². The van der Waals surface area contributed by atoms with Gasteiger partial charge in [0.1, 0.15) is 0 Å². The number of hydrogen-bond acceptors (Lipinski definition) is 4. The van der Waals surface area contributed by atoms with E-state index in [-0.39, 0.29) is 24.6 Å². The minimum atomic E-state index is -1.20. The fourth-order valence-electron chi connectivity index (χ4n) is 2.93. The quantitative estimate of drug-likeness (QED) is 0.464. The summed E-state index contributed by atoms with van der Waals surface area (Å²) < 4.78 is 11.2. The maximum absolute atomic E-state index is 13.5. The number of ether oxygens (including phenoxy) is 2. The number of carbonyl (C=O) groups excluding carboxylic acids is 2. The first kappa shape index (κ1) is 19.9. The predicted molar refractivity (Wildman–Crippen MR) is 101 cm³/mol. The molecule has 2 rings (SSSR count). The molecule has 0 aliphatic heterocycles. The number of ketones is 1. The predicted octanol–water partition coefficient (Wildman–Crippen LogP) is 4.53. The van der Waals surface area contributed by atoms with E-state index in [1.165, 1.54) is 0 Å². The van der Waals surface area contributed by atoms with Crippen LogP contribution in [0.5, 0.6) is 0 Å². The van der Waals surface area contributed by atoms with Crippen LogP contribution in [0.15, 0.2) is 60.7 Å². The smallest absolute Gasteiger partial charge is 0.305 e. The molecule has 4 nitrogen and oxygen atoms in total. The summed E-state index contributed by atoms with van der Waals surface area (Å²) in [5.74, 6) is -0.462. The Labute approximate surface area is 155 Å². The van der Waals surface area contributed by atoms with Crippen molar-refractivity contribution in [1.82, 2.24) is 0 Å². The van der Waals surface area contributed by atoms with Crippen LogP contribution in [0.25, 0.3) is 0 Å². The summed E-state index contributed by atoms with van der Waals surface area (Å²) >= 11 is 0. The van der Waals surface area contributed by atoms with Crippen molar-refractivity contribution in [3.8, 4) is 0 Å². The number of carbonyl (C=O) groups is 2. The molecule has 0 saturated carbocycles. The molecule has 0 aliphatic rings. The zero-order chi connectivity index (χ0) is 18.8. The molecule has 0 spiro atoms. The van der Waals surface area contributed by atoms with Gasteiger partial charge in [-0.15, -0.1) is 0 Å². The first-order valence-electron chi connectivity index (χ1n) is 9.09. The lowest BCUT2D eigenvalue weighted by atomic mass is 9.82. The van der Waals surface area contributed by atoms with E-state index in [0.717, 1.165) is 12.0 Å². The molecule has 0 fully saturated rings. The topological polar surface area (TPSA) is 52.6 Å². The lowest BCUT2D eigenvalue weighted by Crippen LogP contribution is -2.40. The van der Waals surface area contributed by atoms with E-state index in [4.69, 9.17) is 9.47 Å². The third-order valence-electron chi connectivity index (χ3n) is 4.18. The van der Waals surface area contributed by atoms with E-state index in [1.54, 1.807) is 19.1 Å². The standard InChI is InChI=1S/C22H26O4/c1-3-17-26-22(16-15-20(23)25-4-2,19-13-9-6-10-14-19)21(24)18-11-7-5-8-12-18/h5-14H,3-4,15-17H2,1-2H3. The lowest BCUT2D eigenvalue weighted by Gasteiger charge is -2.33. The Morgan fingerprint density at radius 2 is 1.54 bits per heavy atom. The third kappa shape index (κ3) is 4.79. The van der Waals surface area contributed by atoms with Crippen molar-refractivity contribution in [2.24, 2.45) is 0 Å². The Kier molecular flexibility index (Phi) is 7.54. The van der Waals surface area contributed by atoms with Gasteiger partial charge in [-0.25, -0.2) is 0 Å². The molecular formula is C22H26O4. The molecule has 0 N–H and O–H groups in total. The van der Waals surface area contributed by atoms with Crippen LogP contribution < -0.4 is 0 Å². The molecule has 4 heteroatoms. The van der Waals surface area contributed by atoms with Gasteiger partial charge in [0.25, 0.3) is 0 Å². The van der Waals surface area contributed by atoms with E-state index < -0.39 is 5.60 Å². The molecule has 138 valence electrons. The van der Waals surface area contributed by atoms with Crippen LogP contribution >= 0.6 is 0 Å². The second kappa shape index (κ2) is 9.88. The summed E-state index contributed by atoms with van der Waals surface area (Å²) in [6.45, 7) is 4.51. The first-order chi connectivity index (χ1) is 12.6. The average Bonchev–Trinajstić information content (AvgIpc) is 2.69. The van der Waals surface area contributed by atoms with Crippen LogP contribution in [0.2, 0.25) is 0 Å². The third-order valence-corrected chi connectivity index (χ3v) is 4.18. The van der Waals surface area contributed by atoms with E-state index in [0.29, 0.717) is 18.8 Å². The molecule has 0 aliphatic carbocycles. The Morgan fingerprint density at radius 3 is 2.12 bits per heavy atom. The van der Waals surface area contributed by atoms with E-state index in [1.807, 2.05) is 55.5 Å². The van der Waals surface area contributed by atoms with Crippen LogP contribution in [-0.4, -0.2) is 25.0 Å². The summed E-state index contributed by atoms with van der Waals surface area (Å²) in [5, 5.41) is 0. The molecule has 26 heavy (non-hydrogen) atoms. The van der Waals surface area contributed by atoms with Crippen LogP contribution in [0.3, 0.4) is 0 Å².